The van der Waals surface area contributed by atoms with Crippen LogP contribution in [0.2, 0.25) is 0 Å². The van der Waals surface area contributed by atoms with E-state index in [1.807, 2.05) is 25.5 Å². The van der Waals surface area contributed by atoms with Gasteiger partial charge in [0.2, 0.25) is 0 Å². The van der Waals surface area contributed by atoms with Gasteiger partial charge in [-0.25, -0.2) is 4.98 Å². The second-order valence-electron chi connectivity index (χ2n) is 4.17. The lowest BCUT2D eigenvalue weighted by atomic mass is 10.2. The lowest BCUT2D eigenvalue weighted by molar-refractivity contribution is 0.169. The maximum atomic E-state index is 10.1. The monoisotopic (exact) mass is 234 g/mol. The fourth-order valence-electron chi connectivity index (χ4n) is 1.86. The van der Waals surface area contributed by atoms with Gasteiger partial charge in [0.15, 0.2) is 0 Å². The van der Waals surface area contributed by atoms with Gasteiger partial charge < -0.3 is 9.67 Å². The third-order valence-corrected chi connectivity index (χ3v) is 2.72. The van der Waals surface area contributed by atoms with Crippen molar-refractivity contribution in [3.63, 3.8) is 0 Å². The average molecular weight is 234 g/mol. The minimum absolute atomic E-state index is 0.504. The summed E-state index contributed by atoms with van der Waals surface area (Å²) in [6.45, 7) is 3.06. The molecule has 0 spiro atoms. The van der Waals surface area contributed by atoms with Crippen molar-refractivity contribution in [3.8, 4) is 0 Å². The standard InChI is InChI=1S/C12H18N4O/c1-3-6-16-8-5-13-12(16)9-11(17)10-4-7-15(2)14-10/h4-5,7-8,11,17H,3,6,9H2,1-2H3. The molecule has 0 aliphatic rings. The molecule has 1 N–H and O–H groups in total. The molecule has 0 radical (unpaired) electrons. The van der Waals surface area contributed by atoms with Crippen molar-refractivity contribution in [2.45, 2.75) is 32.4 Å². The van der Waals surface area contributed by atoms with Crippen molar-refractivity contribution < 1.29 is 5.11 Å². The van der Waals surface area contributed by atoms with Crippen molar-refractivity contribution in [3.05, 3.63) is 36.2 Å². The van der Waals surface area contributed by atoms with Gasteiger partial charge in [0.05, 0.1) is 5.69 Å². The molecular weight excluding hydrogens is 216 g/mol. The van der Waals surface area contributed by atoms with Gasteiger partial charge in [0.1, 0.15) is 11.9 Å². The predicted molar refractivity (Wildman–Crippen MR) is 64.4 cm³/mol. The first kappa shape index (κ1) is 11.9. The largest absolute Gasteiger partial charge is 0.386 e. The van der Waals surface area contributed by atoms with Crippen LogP contribution in [-0.4, -0.2) is 24.4 Å². The van der Waals surface area contributed by atoms with Crippen LogP contribution in [0.3, 0.4) is 0 Å². The van der Waals surface area contributed by atoms with Gasteiger partial charge in [-0.15, -0.1) is 0 Å². The highest BCUT2D eigenvalue weighted by Gasteiger charge is 2.14. The highest BCUT2D eigenvalue weighted by Crippen LogP contribution is 2.15. The average Bonchev–Trinajstić information content (AvgIpc) is 2.89. The molecule has 92 valence electrons. The SMILES string of the molecule is CCCn1ccnc1CC(O)c1ccn(C)n1. The lowest BCUT2D eigenvalue weighted by Gasteiger charge is -2.09. The Balaban J connectivity index is 2.07. The van der Waals surface area contributed by atoms with Crippen LogP contribution in [0.15, 0.2) is 24.7 Å². The van der Waals surface area contributed by atoms with E-state index in [-0.39, 0.29) is 0 Å². The van der Waals surface area contributed by atoms with Crippen LogP contribution in [0.4, 0.5) is 0 Å². The maximum Gasteiger partial charge on any atom is 0.111 e. The van der Waals surface area contributed by atoms with Crippen LogP contribution in [0.1, 0.15) is 31.0 Å². The third-order valence-electron chi connectivity index (χ3n) is 2.72. The van der Waals surface area contributed by atoms with E-state index in [4.69, 9.17) is 0 Å². The summed E-state index contributed by atoms with van der Waals surface area (Å²) in [6, 6.07) is 1.83. The van der Waals surface area contributed by atoms with Crippen LogP contribution in [0, 0.1) is 0 Å². The number of aliphatic hydroxyl groups is 1. The molecule has 5 heteroatoms. The maximum absolute atomic E-state index is 10.1. The van der Waals surface area contributed by atoms with Crippen molar-refractivity contribution in [2.75, 3.05) is 0 Å². The van der Waals surface area contributed by atoms with Gasteiger partial charge in [-0.05, 0) is 12.5 Å². The van der Waals surface area contributed by atoms with E-state index < -0.39 is 6.10 Å². The first-order valence-corrected chi connectivity index (χ1v) is 5.88. The number of aryl methyl sites for hydroxylation is 2. The molecule has 0 bridgehead atoms. The summed E-state index contributed by atoms with van der Waals surface area (Å²) >= 11 is 0. The Morgan fingerprint density at radius 3 is 2.88 bits per heavy atom. The van der Waals surface area contributed by atoms with Crippen molar-refractivity contribution >= 4 is 0 Å². The molecule has 2 rings (SSSR count). The Morgan fingerprint density at radius 1 is 1.41 bits per heavy atom. The number of hydrogen-bond donors (Lipinski definition) is 1. The van der Waals surface area contributed by atoms with Crippen LogP contribution in [0.25, 0.3) is 0 Å². The zero-order valence-electron chi connectivity index (χ0n) is 10.2. The van der Waals surface area contributed by atoms with E-state index in [0.29, 0.717) is 12.1 Å². The summed E-state index contributed by atoms with van der Waals surface area (Å²) < 4.78 is 3.77. The van der Waals surface area contributed by atoms with E-state index in [0.717, 1.165) is 18.8 Å². The van der Waals surface area contributed by atoms with E-state index in [1.165, 1.54) is 0 Å². The molecule has 0 aliphatic heterocycles. The number of rotatable bonds is 5. The normalized spacial score (nSPS) is 12.9. The van der Waals surface area contributed by atoms with E-state index in [9.17, 15) is 5.11 Å². The Kier molecular flexibility index (Phi) is 3.58. The first-order chi connectivity index (χ1) is 8.20. The molecular formula is C12H18N4O. The number of aromatic nitrogens is 4. The summed E-state index contributed by atoms with van der Waals surface area (Å²) in [7, 11) is 1.84. The molecule has 0 amide bonds. The van der Waals surface area contributed by atoms with Crippen LogP contribution >= 0.6 is 0 Å². The highest BCUT2D eigenvalue weighted by molar-refractivity contribution is 5.06. The van der Waals surface area contributed by atoms with E-state index >= 15 is 0 Å². The number of hydrogen-bond acceptors (Lipinski definition) is 3. The minimum atomic E-state index is -0.589. The fraction of sp³-hybridized carbons (Fsp3) is 0.500. The minimum Gasteiger partial charge on any atom is -0.386 e. The highest BCUT2D eigenvalue weighted by atomic mass is 16.3. The Hall–Kier alpha value is -1.62. The Morgan fingerprint density at radius 2 is 2.24 bits per heavy atom. The zero-order valence-corrected chi connectivity index (χ0v) is 10.2. The van der Waals surface area contributed by atoms with Crippen LogP contribution in [0.5, 0.6) is 0 Å². The van der Waals surface area contributed by atoms with Gasteiger partial charge in [-0.2, -0.15) is 5.10 Å². The lowest BCUT2D eigenvalue weighted by Crippen LogP contribution is -2.09. The summed E-state index contributed by atoms with van der Waals surface area (Å²) in [5.41, 5.74) is 0.693. The number of aliphatic hydroxyl groups excluding tert-OH is 1. The Bertz CT molecular complexity index is 474. The zero-order chi connectivity index (χ0) is 12.3. The molecule has 1 unspecified atom stereocenters. The topological polar surface area (TPSA) is 55.9 Å². The molecule has 0 fully saturated rings. The first-order valence-electron chi connectivity index (χ1n) is 5.88. The van der Waals surface area contributed by atoms with Gasteiger partial charge in [0, 0.05) is 38.6 Å². The van der Waals surface area contributed by atoms with Gasteiger partial charge in [0.25, 0.3) is 0 Å². The van der Waals surface area contributed by atoms with Crippen molar-refractivity contribution in [1.29, 1.82) is 0 Å². The molecule has 2 heterocycles. The number of nitrogens with zero attached hydrogens (tertiary/aromatic N) is 4. The molecule has 5 nitrogen and oxygen atoms in total. The molecule has 2 aromatic heterocycles. The van der Waals surface area contributed by atoms with Crippen LogP contribution < -0.4 is 0 Å². The second kappa shape index (κ2) is 5.14. The molecule has 0 saturated carbocycles. The molecule has 1 atom stereocenters. The molecule has 0 aromatic carbocycles. The summed E-state index contributed by atoms with van der Waals surface area (Å²) in [6.07, 6.45) is 6.53. The van der Waals surface area contributed by atoms with E-state index in [2.05, 4.69) is 21.6 Å². The summed E-state index contributed by atoms with van der Waals surface area (Å²) in [5, 5.41) is 14.3. The summed E-state index contributed by atoms with van der Waals surface area (Å²) in [4.78, 5) is 4.28. The second-order valence-corrected chi connectivity index (χ2v) is 4.17. The smallest absolute Gasteiger partial charge is 0.111 e. The van der Waals surface area contributed by atoms with Gasteiger partial charge in [-0.3, -0.25) is 4.68 Å². The fourth-order valence-corrected chi connectivity index (χ4v) is 1.86. The quantitative estimate of drug-likeness (QED) is 0.848. The summed E-state index contributed by atoms with van der Waals surface area (Å²) in [5.74, 6) is 0.907. The van der Waals surface area contributed by atoms with Crippen molar-refractivity contribution in [2.24, 2.45) is 7.05 Å². The molecule has 0 aliphatic carbocycles. The van der Waals surface area contributed by atoms with E-state index in [1.54, 1.807) is 10.9 Å². The molecule has 0 saturated heterocycles. The number of imidazole rings is 1. The van der Waals surface area contributed by atoms with Crippen molar-refractivity contribution in [1.82, 2.24) is 19.3 Å². The third kappa shape index (κ3) is 2.74. The van der Waals surface area contributed by atoms with Crippen LogP contribution in [-0.2, 0) is 20.0 Å². The molecule has 17 heavy (non-hydrogen) atoms. The van der Waals surface area contributed by atoms with Gasteiger partial charge in [-0.1, -0.05) is 6.92 Å². The molecule has 2 aromatic rings. The predicted octanol–water partition coefficient (Wildman–Crippen LogP) is 1.30. The Labute approximate surface area is 101 Å². The van der Waals surface area contributed by atoms with Gasteiger partial charge >= 0.3 is 0 Å².